The first-order chi connectivity index (χ1) is 8.30. The molecule has 2 N–H and O–H groups in total. The van der Waals surface area contributed by atoms with Crippen molar-refractivity contribution < 1.29 is 9.30 Å². The summed E-state index contributed by atoms with van der Waals surface area (Å²) in [6, 6.07) is 6.20. The van der Waals surface area contributed by atoms with E-state index in [4.69, 9.17) is 10.5 Å². The van der Waals surface area contributed by atoms with E-state index in [2.05, 4.69) is 41.4 Å². The van der Waals surface area contributed by atoms with E-state index < -0.39 is 0 Å². The Labute approximate surface area is 102 Å². The first-order valence-electron chi connectivity index (χ1n) is 6.15. The molecule has 1 aromatic carbocycles. The third-order valence-corrected chi connectivity index (χ3v) is 2.91. The van der Waals surface area contributed by atoms with Crippen LogP contribution in [-0.2, 0) is 13.1 Å². The summed E-state index contributed by atoms with van der Waals surface area (Å²) in [6.07, 6.45) is 2.15. The Hall–Kier alpha value is -1.55. The van der Waals surface area contributed by atoms with E-state index in [9.17, 15) is 0 Å². The number of hydrogen-bond acceptors (Lipinski definition) is 2. The number of rotatable bonds is 5. The monoisotopic (exact) mass is 234 g/mol. The van der Waals surface area contributed by atoms with Crippen LogP contribution in [0.2, 0.25) is 0 Å². The topological polar surface area (TPSA) is 44.1 Å². The number of aryl methyl sites for hydroxylation is 2. The van der Waals surface area contributed by atoms with Gasteiger partial charge in [0.1, 0.15) is 12.4 Å². The number of fused-ring (bicyclic) bond motifs is 1. The first kappa shape index (κ1) is 11.9. The lowest BCUT2D eigenvalue weighted by molar-refractivity contribution is -0.668. The maximum atomic E-state index is 5.56. The average Bonchev–Trinajstić information content (AvgIpc) is 2.73. The van der Waals surface area contributed by atoms with Crippen LogP contribution in [0.1, 0.15) is 13.8 Å². The highest BCUT2D eigenvalue weighted by Crippen LogP contribution is 2.19. The summed E-state index contributed by atoms with van der Waals surface area (Å²) in [7, 11) is 0. The van der Waals surface area contributed by atoms with Crippen molar-refractivity contribution in [1.82, 2.24) is 4.57 Å². The van der Waals surface area contributed by atoms with Gasteiger partial charge < -0.3 is 10.5 Å². The summed E-state index contributed by atoms with van der Waals surface area (Å²) in [5.74, 6) is 0.888. The lowest BCUT2D eigenvalue weighted by atomic mass is 10.3. The zero-order valence-corrected chi connectivity index (χ0v) is 10.5. The van der Waals surface area contributed by atoms with Crippen molar-refractivity contribution in [3.05, 3.63) is 24.5 Å². The second-order valence-corrected chi connectivity index (χ2v) is 3.98. The quantitative estimate of drug-likeness (QED) is 0.793. The van der Waals surface area contributed by atoms with Crippen LogP contribution in [0.5, 0.6) is 5.75 Å². The van der Waals surface area contributed by atoms with Crippen molar-refractivity contribution >= 4 is 11.0 Å². The molecule has 4 nitrogen and oxygen atoms in total. The molecular formula is C13H20N3O+. The highest BCUT2D eigenvalue weighted by atomic mass is 16.5. The molecule has 0 bridgehead atoms. The van der Waals surface area contributed by atoms with Crippen molar-refractivity contribution in [2.24, 2.45) is 5.73 Å². The Morgan fingerprint density at radius 1 is 1.35 bits per heavy atom. The number of aromatic nitrogens is 2. The Bertz CT molecular complexity index is 505. The molecule has 2 rings (SSSR count). The molecule has 0 amide bonds. The minimum Gasteiger partial charge on any atom is -0.492 e. The average molecular weight is 234 g/mol. The minimum absolute atomic E-state index is 0.543. The fraction of sp³-hybridized carbons (Fsp3) is 0.462. The Morgan fingerprint density at radius 2 is 2.18 bits per heavy atom. The summed E-state index contributed by atoms with van der Waals surface area (Å²) in [6.45, 7) is 7.34. The molecule has 0 saturated heterocycles. The highest BCUT2D eigenvalue weighted by molar-refractivity contribution is 5.73. The third kappa shape index (κ3) is 2.26. The largest absolute Gasteiger partial charge is 0.492 e. The van der Waals surface area contributed by atoms with Crippen LogP contribution in [0.3, 0.4) is 0 Å². The minimum atomic E-state index is 0.543. The Balaban J connectivity index is 2.44. The number of hydrogen-bond donors (Lipinski definition) is 1. The van der Waals surface area contributed by atoms with Gasteiger partial charge in [-0.3, -0.25) is 0 Å². The molecule has 0 atom stereocenters. The molecule has 17 heavy (non-hydrogen) atoms. The molecule has 0 spiro atoms. The molecule has 0 aliphatic heterocycles. The van der Waals surface area contributed by atoms with Gasteiger partial charge in [-0.1, -0.05) is 0 Å². The second-order valence-electron chi connectivity index (χ2n) is 3.98. The molecule has 0 unspecified atom stereocenters. The normalized spacial score (nSPS) is 11.0. The van der Waals surface area contributed by atoms with Crippen LogP contribution in [0, 0.1) is 0 Å². The fourth-order valence-electron chi connectivity index (χ4n) is 2.04. The summed E-state index contributed by atoms with van der Waals surface area (Å²) >= 11 is 0. The van der Waals surface area contributed by atoms with Gasteiger partial charge in [-0.15, -0.1) is 0 Å². The van der Waals surface area contributed by atoms with Gasteiger partial charge in [-0.2, -0.15) is 0 Å². The molecule has 0 aliphatic carbocycles. The lowest BCUT2D eigenvalue weighted by Crippen LogP contribution is -2.30. The highest BCUT2D eigenvalue weighted by Gasteiger charge is 2.14. The molecule has 0 saturated carbocycles. The van der Waals surface area contributed by atoms with E-state index in [1.807, 2.05) is 6.07 Å². The fourth-order valence-corrected chi connectivity index (χ4v) is 2.04. The van der Waals surface area contributed by atoms with Crippen LogP contribution >= 0.6 is 0 Å². The van der Waals surface area contributed by atoms with Crippen LogP contribution in [0.15, 0.2) is 24.5 Å². The summed E-state index contributed by atoms with van der Waals surface area (Å²) in [5, 5.41) is 0. The second kappa shape index (κ2) is 5.19. The van der Waals surface area contributed by atoms with Gasteiger partial charge >= 0.3 is 0 Å². The molecule has 2 aromatic rings. The van der Waals surface area contributed by atoms with Gasteiger partial charge in [0, 0.05) is 12.6 Å². The Kier molecular flexibility index (Phi) is 3.64. The van der Waals surface area contributed by atoms with Gasteiger partial charge in [0.05, 0.1) is 13.1 Å². The van der Waals surface area contributed by atoms with E-state index in [1.54, 1.807) is 0 Å². The number of nitrogens with two attached hydrogens (primary N) is 1. The first-order valence-corrected chi connectivity index (χ1v) is 6.15. The molecule has 1 aromatic heterocycles. The lowest BCUT2D eigenvalue weighted by Gasteiger charge is -2.03. The van der Waals surface area contributed by atoms with E-state index >= 15 is 0 Å². The van der Waals surface area contributed by atoms with Crippen LogP contribution < -0.4 is 15.0 Å². The van der Waals surface area contributed by atoms with Crippen molar-refractivity contribution in [1.29, 1.82) is 0 Å². The number of nitrogens with zero attached hydrogens (tertiary/aromatic N) is 2. The number of ether oxygens (including phenoxy) is 1. The standard InChI is InChI=1S/C13H20N3O/c1-3-15-10-16(4-2)13-9-11(17-8-7-14)5-6-12(13)15/h5-6,9-10H,3-4,7-8,14H2,1-2H3/q+1. The maximum absolute atomic E-state index is 5.56. The molecule has 92 valence electrons. The van der Waals surface area contributed by atoms with Crippen molar-refractivity contribution in [2.75, 3.05) is 13.2 Å². The maximum Gasteiger partial charge on any atom is 0.244 e. The summed E-state index contributed by atoms with van der Waals surface area (Å²) in [4.78, 5) is 0. The van der Waals surface area contributed by atoms with Gasteiger partial charge in [-0.25, -0.2) is 9.13 Å². The van der Waals surface area contributed by atoms with E-state index in [0.29, 0.717) is 13.2 Å². The van der Waals surface area contributed by atoms with E-state index in [-0.39, 0.29) is 0 Å². The smallest absolute Gasteiger partial charge is 0.244 e. The van der Waals surface area contributed by atoms with Gasteiger partial charge in [0.2, 0.25) is 6.33 Å². The predicted octanol–water partition coefficient (Wildman–Crippen LogP) is 1.31. The molecule has 0 radical (unpaired) electrons. The van der Waals surface area contributed by atoms with Gasteiger partial charge in [0.25, 0.3) is 0 Å². The number of imidazole rings is 1. The van der Waals surface area contributed by atoms with Crippen LogP contribution in [0.4, 0.5) is 0 Å². The molecular weight excluding hydrogens is 214 g/mol. The summed E-state index contributed by atoms with van der Waals surface area (Å²) in [5.41, 5.74) is 7.89. The molecule has 0 fully saturated rings. The zero-order valence-electron chi connectivity index (χ0n) is 10.5. The SMILES string of the molecule is CCn1c[n+](CC)c2ccc(OCCN)cc21. The third-order valence-electron chi connectivity index (χ3n) is 2.91. The number of benzene rings is 1. The zero-order chi connectivity index (χ0) is 12.3. The summed E-state index contributed by atoms with van der Waals surface area (Å²) < 4.78 is 10.0. The molecule has 4 heteroatoms. The van der Waals surface area contributed by atoms with Gasteiger partial charge in [-0.05, 0) is 26.0 Å². The van der Waals surface area contributed by atoms with Crippen LogP contribution in [0.25, 0.3) is 11.0 Å². The molecule has 0 aliphatic rings. The van der Waals surface area contributed by atoms with E-state index in [1.165, 1.54) is 11.0 Å². The Morgan fingerprint density at radius 3 is 2.82 bits per heavy atom. The van der Waals surface area contributed by atoms with Crippen molar-refractivity contribution in [2.45, 2.75) is 26.9 Å². The van der Waals surface area contributed by atoms with Crippen molar-refractivity contribution in [3.63, 3.8) is 0 Å². The van der Waals surface area contributed by atoms with Crippen molar-refractivity contribution in [3.8, 4) is 5.75 Å². The predicted molar refractivity (Wildman–Crippen MR) is 68.0 cm³/mol. The van der Waals surface area contributed by atoms with Gasteiger partial charge in [0.15, 0.2) is 11.0 Å². The molecule has 1 heterocycles. The van der Waals surface area contributed by atoms with E-state index in [0.717, 1.165) is 18.8 Å². The van der Waals surface area contributed by atoms with Crippen LogP contribution in [-0.4, -0.2) is 17.7 Å².